The Morgan fingerprint density at radius 3 is 1.90 bits per heavy atom. The second-order valence-corrected chi connectivity index (χ2v) is 7.80. The van der Waals surface area contributed by atoms with Gasteiger partial charge in [-0.2, -0.15) is 0 Å². The van der Waals surface area contributed by atoms with E-state index in [4.69, 9.17) is 46.4 Å². The van der Waals surface area contributed by atoms with Crippen molar-refractivity contribution in [3.05, 3.63) is 96.4 Å². The molecule has 4 rings (SSSR count). The van der Waals surface area contributed by atoms with Crippen LogP contribution in [0.15, 0.2) is 48.5 Å². The van der Waals surface area contributed by atoms with E-state index in [-0.39, 0.29) is 59.6 Å². The Hall–Kier alpha value is -2.37. The molecule has 0 heterocycles. The lowest BCUT2D eigenvalue weighted by molar-refractivity contribution is 0.0978. The molecule has 3 aromatic carbocycles. The van der Waals surface area contributed by atoms with Gasteiger partial charge in [0.15, 0.2) is 11.6 Å². The van der Waals surface area contributed by atoms with Gasteiger partial charge in [0.25, 0.3) is 5.91 Å². The summed E-state index contributed by atoms with van der Waals surface area (Å²) >= 11 is 24.3. The Morgan fingerprint density at radius 1 is 0.724 bits per heavy atom. The number of nitrogens with one attached hydrogen (secondary N) is 1. The smallest absolute Gasteiger partial charge is 0.258 e. The molecule has 8 heteroatoms. The molecule has 0 saturated heterocycles. The molecule has 0 spiro atoms. The molecule has 0 unspecified atom stereocenters. The van der Waals surface area contributed by atoms with Crippen molar-refractivity contribution in [3.63, 3.8) is 0 Å². The van der Waals surface area contributed by atoms with E-state index < -0.39 is 5.91 Å². The van der Waals surface area contributed by atoms with Crippen molar-refractivity contribution < 1.29 is 14.4 Å². The molecule has 1 aliphatic rings. The van der Waals surface area contributed by atoms with E-state index in [1.54, 1.807) is 30.3 Å². The number of benzene rings is 3. The summed E-state index contributed by atoms with van der Waals surface area (Å²) in [7, 11) is 0. The van der Waals surface area contributed by atoms with Crippen molar-refractivity contribution in [2.75, 3.05) is 5.32 Å². The maximum absolute atomic E-state index is 13.0. The van der Waals surface area contributed by atoms with Crippen LogP contribution < -0.4 is 5.32 Å². The number of hydrogen-bond donors (Lipinski definition) is 1. The highest BCUT2D eigenvalue weighted by Crippen LogP contribution is 2.38. The zero-order valence-electron chi connectivity index (χ0n) is 14.4. The zero-order chi connectivity index (χ0) is 20.9. The van der Waals surface area contributed by atoms with Crippen LogP contribution in [0.4, 0.5) is 5.69 Å². The molecule has 0 radical (unpaired) electrons. The van der Waals surface area contributed by atoms with Gasteiger partial charge in [-0.25, -0.2) is 0 Å². The highest BCUT2D eigenvalue weighted by molar-refractivity contribution is 6.50. The van der Waals surface area contributed by atoms with E-state index >= 15 is 0 Å². The van der Waals surface area contributed by atoms with Crippen LogP contribution in [-0.4, -0.2) is 17.5 Å². The number of carbonyl (C=O) groups excluding carboxylic acids is 3. The third-order valence-electron chi connectivity index (χ3n) is 4.54. The van der Waals surface area contributed by atoms with E-state index in [2.05, 4.69) is 5.32 Å². The van der Waals surface area contributed by atoms with E-state index in [0.717, 1.165) is 0 Å². The van der Waals surface area contributed by atoms with Gasteiger partial charge < -0.3 is 5.32 Å². The largest absolute Gasteiger partial charge is 0.321 e. The van der Waals surface area contributed by atoms with Gasteiger partial charge in [0.1, 0.15) is 0 Å². The monoisotopic (exact) mass is 463 g/mol. The fraction of sp³-hybridized carbons (Fsp3) is 0. The second kappa shape index (κ2) is 7.47. The van der Waals surface area contributed by atoms with Crippen LogP contribution in [-0.2, 0) is 0 Å². The van der Waals surface area contributed by atoms with Gasteiger partial charge in [-0.1, -0.05) is 82.8 Å². The van der Waals surface area contributed by atoms with Crippen molar-refractivity contribution in [2.24, 2.45) is 0 Å². The third-order valence-corrected chi connectivity index (χ3v) is 6.11. The molecule has 4 nitrogen and oxygen atoms in total. The molecule has 29 heavy (non-hydrogen) atoms. The van der Waals surface area contributed by atoms with Gasteiger partial charge >= 0.3 is 0 Å². The van der Waals surface area contributed by atoms with Crippen LogP contribution >= 0.6 is 46.4 Å². The first-order valence-electron chi connectivity index (χ1n) is 8.27. The highest BCUT2D eigenvalue weighted by atomic mass is 35.5. The van der Waals surface area contributed by atoms with Crippen molar-refractivity contribution in [1.82, 2.24) is 0 Å². The summed E-state index contributed by atoms with van der Waals surface area (Å²) in [5.41, 5.74) is 0.925. The lowest BCUT2D eigenvalue weighted by atomic mass is 9.83. The molecule has 0 bridgehead atoms. The van der Waals surface area contributed by atoms with Crippen molar-refractivity contribution >= 4 is 69.6 Å². The average molecular weight is 465 g/mol. The minimum Gasteiger partial charge on any atom is -0.321 e. The average Bonchev–Trinajstić information content (AvgIpc) is 2.70. The Morgan fingerprint density at radius 2 is 1.28 bits per heavy atom. The summed E-state index contributed by atoms with van der Waals surface area (Å²) < 4.78 is 0. The number of ketones is 2. The van der Waals surface area contributed by atoms with Crippen LogP contribution in [0.5, 0.6) is 0 Å². The predicted octanol–water partition coefficient (Wildman–Crippen LogP) is 6.33. The van der Waals surface area contributed by atoms with Gasteiger partial charge in [-0.15, -0.1) is 0 Å². The number of fused-ring (bicyclic) bond motifs is 2. The number of amides is 1. The van der Waals surface area contributed by atoms with E-state index in [0.29, 0.717) is 5.56 Å². The normalized spacial score (nSPS) is 12.4. The number of hydrogen-bond acceptors (Lipinski definition) is 3. The quantitative estimate of drug-likeness (QED) is 0.352. The molecular weight excluding hydrogens is 456 g/mol. The van der Waals surface area contributed by atoms with E-state index in [9.17, 15) is 14.4 Å². The maximum atomic E-state index is 13.0. The fourth-order valence-corrected chi connectivity index (χ4v) is 4.19. The number of rotatable bonds is 2. The Balaban J connectivity index is 1.81. The predicted molar refractivity (Wildman–Crippen MR) is 114 cm³/mol. The van der Waals surface area contributed by atoms with E-state index in [1.807, 2.05) is 0 Å². The van der Waals surface area contributed by atoms with Gasteiger partial charge in [-0.05, 0) is 12.1 Å². The van der Waals surface area contributed by atoms with Crippen LogP contribution in [0, 0.1) is 0 Å². The summed E-state index contributed by atoms with van der Waals surface area (Å²) in [6.07, 6.45) is 0. The lowest BCUT2D eigenvalue weighted by Gasteiger charge is -2.20. The standard InChI is InChI=1S/C21H9Cl4NO3/c22-12-8-13(23)18(25)16(17(12)24)21(29)26-14-7-3-6-11-15(14)20(28)10-5-2-1-4-9(10)19(11)27/h1-8H,(H,26,29). The highest BCUT2D eigenvalue weighted by Gasteiger charge is 2.32. The van der Waals surface area contributed by atoms with Gasteiger partial charge in [0, 0.05) is 16.7 Å². The fourth-order valence-electron chi connectivity index (χ4n) is 3.21. The molecule has 0 aliphatic heterocycles. The Bertz CT molecular complexity index is 1210. The minimum absolute atomic E-state index is 0.0569. The third kappa shape index (κ3) is 3.22. The molecule has 1 N–H and O–H groups in total. The molecule has 3 aromatic rings. The van der Waals surface area contributed by atoms with Gasteiger partial charge in [-0.3, -0.25) is 14.4 Å². The lowest BCUT2D eigenvalue weighted by Crippen LogP contribution is -2.24. The first-order valence-corrected chi connectivity index (χ1v) is 9.78. The van der Waals surface area contributed by atoms with Gasteiger partial charge in [0.2, 0.25) is 0 Å². The Kier molecular flexibility index (Phi) is 5.13. The second-order valence-electron chi connectivity index (χ2n) is 6.23. The summed E-state index contributed by atoms with van der Waals surface area (Å²) in [5, 5.41) is 2.57. The molecule has 1 amide bonds. The SMILES string of the molecule is O=C1c2ccccc2C(=O)c2c(NC(=O)c3c(Cl)c(Cl)cc(Cl)c3Cl)cccc21. The minimum atomic E-state index is -0.711. The first kappa shape index (κ1) is 19.9. The first-order chi connectivity index (χ1) is 13.8. The summed E-state index contributed by atoms with van der Waals surface area (Å²) in [6.45, 7) is 0. The van der Waals surface area contributed by atoms with Crippen molar-refractivity contribution in [3.8, 4) is 0 Å². The van der Waals surface area contributed by atoms with Gasteiger partial charge in [0.05, 0.1) is 36.9 Å². The summed E-state index contributed by atoms with van der Waals surface area (Å²) in [5.74, 6) is -1.38. The zero-order valence-corrected chi connectivity index (χ0v) is 17.4. The maximum Gasteiger partial charge on any atom is 0.258 e. The van der Waals surface area contributed by atoms with Crippen molar-refractivity contribution in [1.29, 1.82) is 0 Å². The Labute approximate surface area is 185 Å². The molecular formula is C21H9Cl4NO3. The molecule has 0 saturated carbocycles. The number of halogens is 4. The summed E-state index contributed by atoms with van der Waals surface area (Å²) in [4.78, 5) is 38.7. The van der Waals surface area contributed by atoms with Crippen LogP contribution in [0.2, 0.25) is 20.1 Å². The van der Waals surface area contributed by atoms with Crippen LogP contribution in [0.25, 0.3) is 0 Å². The molecule has 0 aromatic heterocycles. The molecule has 0 atom stereocenters. The van der Waals surface area contributed by atoms with Crippen LogP contribution in [0.1, 0.15) is 42.2 Å². The molecule has 0 fully saturated rings. The number of anilines is 1. The molecule has 144 valence electrons. The van der Waals surface area contributed by atoms with E-state index in [1.165, 1.54) is 18.2 Å². The molecule has 1 aliphatic carbocycles. The summed E-state index contributed by atoms with van der Waals surface area (Å²) in [6, 6.07) is 12.5. The topological polar surface area (TPSA) is 63.2 Å². The van der Waals surface area contributed by atoms with Crippen molar-refractivity contribution in [2.45, 2.75) is 0 Å². The number of carbonyl (C=O) groups is 3. The van der Waals surface area contributed by atoms with Crippen LogP contribution in [0.3, 0.4) is 0 Å².